The number of amides is 1. The fourth-order valence-corrected chi connectivity index (χ4v) is 5.76. The van der Waals surface area contributed by atoms with Gasteiger partial charge in [0.15, 0.2) is 5.76 Å². The van der Waals surface area contributed by atoms with Crippen LogP contribution in [0.3, 0.4) is 0 Å². The summed E-state index contributed by atoms with van der Waals surface area (Å²) in [6, 6.07) is 15.3. The number of nitrogens with zero attached hydrogens (tertiary/aromatic N) is 1. The van der Waals surface area contributed by atoms with Crippen LogP contribution in [0.15, 0.2) is 82.0 Å². The molecule has 1 N–H and O–H groups in total. The molecular weight excluding hydrogens is 691 g/mol. The van der Waals surface area contributed by atoms with Gasteiger partial charge in [0.1, 0.15) is 23.8 Å². The molecule has 0 aliphatic heterocycles. The van der Waals surface area contributed by atoms with Gasteiger partial charge in [0, 0.05) is 15.4 Å². The van der Waals surface area contributed by atoms with E-state index in [0.29, 0.717) is 31.4 Å². The van der Waals surface area contributed by atoms with Gasteiger partial charge >= 0.3 is 5.91 Å². The van der Waals surface area contributed by atoms with Crippen molar-refractivity contribution in [3.63, 3.8) is 0 Å². The Hall–Kier alpha value is -2.01. The molecule has 0 radical (unpaired) electrons. The third-order valence-electron chi connectivity index (χ3n) is 4.49. The number of carbonyl (C=O) groups excluding carboxylic acids is 1. The number of nitrogens with one attached hydrogen (secondary N) is 1. The number of ether oxygens (including phenoxy) is 1. The summed E-state index contributed by atoms with van der Waals surface area (Å²) >= 11 is 13.7. The molecule has 0 fully saturated rings. The van der Waals surface area contributed by atoms with E-state index >= 15 is 0 Å². The molecule has 5 nitrogen and oxygen atoms in total. The van der Waals surface area contributed by atoms with Crippen molar-refractivity contribution in [2.24, 2.45) is 5.10 Å². The summed E-state index contributed by atoms with van der Waals surface area (Å²) in [4.78, 5) is 12.4. The van der Waals surface area contributed by atoms with E-state index in [-0.39, 0.29) is 18.2 Å². The lowest BCUT2D eigenvalue weighted by Crippen LogP contribution is -2.16. The highest BCUT2D eigenvalue weighted by molar-refractivity contribution is 9.11. The number of furan rings is 1. The van der Waals surface area contributed by atoms with E-state index in [1.165, 1.54) is 12.3 Å². The Balaban J connectivity index is 1.43. The van der Waals surface area contributed by atoms with Crippen molar-refractivity contribution in [2.75, 3.05) is 0 Å². The smallest absolute Gasteiger partial charge is 0.307 e. The molecule has 1 heterocycles. The number of halogens is 5. The lowest BCUT2D eigenvalue weighted by Gasteiger charge is -2.11. The second-order valence-electron chi connectivity index (χ2n) is 6.81. The maximum absolute atomic E-state index is 13.8. The van der Waals surface area contributed by atoms with Gasteiger partial charge in [0.2, 0.25) is 0 Å². The Morgan fingerprint density at radius 2 is 1.76 bits per heavy atom. The molecule has 33 heavy (non-hydrogen) atoms. The summed E-state index contributed by atoms with van der Waals surface area (Å²) in [5.41, 5.74) is 4.18. The molecule has 4 rings (SSSR count). The summed E-state index contributed by atoms with van der Waals surface area (Å²) in [7, 11) is 0. The number of hydrogen-bond acceptors (Lipinski definition) is 4. The van der Waals surface area contributed by atoms with E-state index in [1.807, 2.05) is 12.1 Å². The zero-order valence-corrected chi connectivity index (χ0v) is 22.9. The standard InChI is InChI=1S/C23H13Br4FN2O3/c24-15-7-14-8-20(33-21(14)18(27)9-15)23(31)30-29-10-12-5-16(25)22(17(26)6-12)32-11-13-3-1-2-4-19(13)28/h1-10H,11H2,(H,30,31)/b29-10-. The van der Waals surface area contributed by atoms with E-state index in [9.17, 15) is 9.18 Å². The first-order chi connectivity index (χ1) is 15.8. The number of carbonyl (C=O) groups is 1. The van der Waals surface area contributed by atoms with Gasteiger partial charge in [0.05, 0.1) is 19.6 Å². The molecule has 0 atom stereocenters. The average molecular weight is 704 g/mol. The second kappa shape index (κ2) is 10.5. The van der Waals surface area contributed by atoms with Crippen LogP contribution in [0.1, 0.15) is 21.7 Å². The average Bonchev–Trinajstić information content (AvgIpc) is 3.19. The van der Waals surface area contributed by atoms with Gasteiger partial charge in [-0.05, 0) is 89.8 Å². The molecule has 1 amide bonds. The van der Waals surface area contributed by atoms with Gasteiger partial charge in [-0.2, -0.15) is 5.10 Å². The van der Waals surface area contributed by atoms with Crippen molar-refractivity contribution in [3.05, 3.63) is 95.2 Å². The Bertz CT molecular complexity index is 1360. The number of fused-ring (bicyclic) bond motifs is 1. The Labute approximate surface area is 221 Å². The van der Waals surface area contributed by atoms with Gasteiger partial charge in [-0.15, -0.1) is 0 Å². The molecule has 0 unspecified atom stereocenters. The van der Waals surface area contributed by atoms with Crippen molar-refractivity contribution in [2.45, 2.75) is 6.61 Å². The predicted octanol–water partition coefficient (Wildman–Crippen LogP) is 7.96. The van der Waals surface area contributed by atoms with Crippen molar-refractivity contribution >= 4 is 86.8 Å². The van der Waals surface area contributed by atoms with Gasteiger partial charge in [-0.25, -0.2) is 9.82 Å². The molecule has 0 aliphatic rings. The van der Waals surface area contributed by atoms with Gasteiger partial charge < -0.3 is 9.15 Å². The zero-order chi connectivity index (χ0) is 23.5. The van der Waals surface area contributed by atoms with Crippen LogP contribution in [0.5, 0.6) is 5.75 Å². The van der Waals surface area contributed by atoms with Crippen molar-refractivity contribution in [1.82, 2.24) is 5.43 Å². The minimum atomic E-state index is -0.478. The zero-order valence-electron chi connectivity index (χ0n) is 16.5. The molecule has 0 saturated carbocycles. The Morgan fingerprint density at radius 1 is 1.03 bits per heavy atom. The Morgan fingerprint density at radius 3 is 2.48 bits per heavy atom. The minimum absolute atomic E-state index is 0.0809. The first kappa shape index (κ1) is 24.1. The van der Waals surface area contributed by atoms with E-state index in [0.717, 1.165) is 14.3 Å². The van der Waals surface area contributed by atoms with Crippen molar-refractivity contribution in [3.8, 4) is 5.75 Å². The van der Waals surface area contributed by atoms with Crippen LogP contribution in [0, 0.1) is 5.82 Å². The summed E-state index contributed by atoms with van der Waals surface area (Å²) < 4.78 is 28.1. The van der Waals surface area contributed by atoms with Crippen LogP contribution >= 0.6 is 63.7 Å². The molecule has 0 bridgehead atoms. The first-order valence-electron chi connectivity index (χ1n) is 9.39. The number of benzene rings is 3. The van der Waals surface area contributed by atoms with Gasteiger partial charge in [-0.1, -0.05) is 34.1 Å². The lowest BCUT2D eigenvalue weighted by molar-refractivity contribution is 0.0929. The molecule has 168 valence electrons. The first-order valence-corrected chi connectivity index (χ1v) is 12.6. The monoisotopic (exact) mass is 700 g/mol. The molecular formula is C23H13Br4FN2O3. The van der Waals surface area contributed by atoms with E-state index in [4.69, 9.17) is 9.15 Å². The quantitative estimate of drug-likeness (QED) is 0.164. The SMILES string of the molecule is O=C(N/N=C\c1cc(Br)c(OCc2ccccc2F)c(Br)c1)c1cc2cc(Br)cc(Br)c2o1. The van der Waals surface area contributed by atoms with Crippen molar-refractivity contribution < 1.29 is 18.3 Å². The van der Waals surface area contributed by atoms with Gasteiger partial charge in [0.25, 0.3) is 0 Å². The maximum Gasteiger partial charge on any atom is 0.307 e. The highest BCUT2D eigenvalue weighted by atomic mass is 79.9. The Kier molecular flexibility index (Phi) is 7.68. The van der Waals surface area contributed by atoms with Crippen molar-refractivity contribution in [1.29, 1.82) is 0 Å². The minimum Gasteiger partial charge on any atom is -0.486 e. The van der Waals surface area contributed by atoms with Gasteiger partial charge in [-0.3, -0.25) is 4.79 Å². The molecule has 1 aromatic heterocycles. The molecule has 0 spiro atoms. The number of hydrogen-bond donors (Lipinski definition) is 1. The van der Waals surface area contributed by atoms with Crippen LogP contribution in [-0.2, 0) is 6.61 Å². The highest BCUT2D eigenvalue weighted by Crippen LogP contribution is 2.35. The van der Waals surface area contributed by atoms with Crippen LogP contribution in [0.2, 0.25) is 0 Å². The third-order valence-corrected chi connectivity index (χ3v) is 6.71. The number of hydrazone groups is 1. The number of rotatable bonds is 6. The fraction of sp³-hybridized carbons (Fsp3) is 0.0435. The third kappa shape index (κ3) is 5.74. The summed E-state index contributed by atoms with van der Waals surface area (Å²) in [5, 5.41) is 4.79. The molecule has 4 aromatic rings. The largest absolute Gasteiger partial charge is 0.486 e. The highest BCUT2D eigenvalue weighted by Gasteiger charge is 2.14. The molecule has 3 aromatic carbocycles. The van der Waals surface area contributed by atoms with E-state index in [2.05, 4.69) is 74.2 Å². The van der Waals surface area contributed by atoms with E-state index in [1.54, 1.807) is 36.4 Å². The lowest BCUT2D eigenvalue weighted by atomic mass is 10.2. The molecule has 10 heteroatoms. The summed E-state index contributed by atoms with van der Waals surface area (Å²) in [6.45, 7) is 0.0809. The summed E-state index contributed by atoms with van der Waals surface area (Å²) in [6.07, 6.45) is 1.49. The van der Waals surface area contributed by atoms with Crippen LogP contribution in [0.25, 0.3) is 11.0 Å². The van der Waals surface area contributed by atoms with Crippen LogP contribution in [0.4, 0.5) is 4.39 Å². The predicted molar refractivity (Wildman–Crippen MR) is 139 cm³/mol. The van der Waals surface area contributed by atoms with E-state index < -0.39 is 5.91 Å². The van der Waals surface area contributed by atoms with Crippen LogP contribution in [-0.4, -0.2) is 12.1 Å². The maximum atomic E-state index is 13.8. The molecule has 0 aliphatic carbocycles. The normalized spacial score (nSPS) is 11.3. The molecule has 0 saturated heterocycles. The fourth-order valence-electron chi connectivity index (χ4n) is 2.97. The topological polar surface area (TPSA) is 63.8 Å². The summed E-state index contributed by atoms with van der Waals surface area (Å²) in [5.74, 6) is -0.138. The van der Waals surface area contributed by atoms with Crippen LogP contribution < -0.4 is 10.2 Å². The second-order valence-corrected chi connectivity index (χ2v) is 10.3.